The highest BCUT2D eigenvalue weighted by Crippen LogP contribution is 2.38. The van der Waals surface area contributed by atoms with E-state index in [9.17, 15) is 31.2 Å². The third-order valence-electron chi connectivity index (χ3n) is 8.15. The molecule has 0 spiro atoms. The Bertz CT molecular complexity index is 1800. The lowest BCUT2D eigenvalue weighted by Gasteiger charge is -2.34. The monoisotopic (exact) mass is 668 g/mol. The number of alkyl halides is 3. The van der Waals surface area contributed by atoms with Gasteiger partial charge in [0.2, 0.25) is 5.91 Å². The number of nitrogens with zero attached hydrogens (tertiary/aromatic N) is 5. The lowest BCUT2D eigenvalue weighted by Crippen LogP contribution is -2.50. The molecule has 1 aromatic heterocycles. The molecule has 2 amide bonds. The van der Waals surface area contributed by atoms with Crippen LogP contribution in [-0.4, -0.2) is 63.2 Å². The molecule has 232 valence electrons. The van der Waals surface area contributed by atoms with Gasteiger partial charge in [0.25, 0.3) is 10.0 Å². The van der Waals surface area contributed by atoms with Gasteiger partial charge in [-0.15, -0.1) is 5.10 Å². The van der Waals surface area contributed by atoms with Crippen molar-refractivity contribution in [1.29, 1.82) is 0 Å². The van der Waals surface area contributed by atoms with E-state index < -0.39 is 34.1 Å². The number of benzene rings is 2. The number of hydrogen-bond acceptors (Lipinski definition) is 6. The fourth-order valence-corrected chi connectivity index (χ4v) is 7.91. The van der Waals surface area contributed by atoms with Gasteiger partial charge in [0.05, 0.1) is 26.7 Å². The quantitative estimate of drug-likeness (QED) is 0.436. The summed E-state index contributed by atoms with van der Waals surface area (Å²) in [7, 11) is -4.18. The van der Waals surface area contributed by atoms with Gasteiger partial charge in [-0.25, -0.2) is 13.1 Å². The van der Waals surface area contributed by atoms with Gasteiger partial charge >= 0.3 is 12.1 Å². The van der Waals surface area contributed by atoms with Crippen molar-refractivity contribution >= 4 is 45.0 Å². The van der Waals surface area contributed by atoms with Crippen LogP contribution in [0.15, 0.2) is 53.8 Å². The number of fused-ring (bicyclic) bond motifs is 3. The molecule has 2 aliphatic heterocycles. The summed E-state index contributed by atoms with van der Waals surface area (Å²) < 4.78 is 68.6. The zero-order chi connectivity index (χ0) is 31.4. The molecule has 3 heterocycles. The zero-order valence-electron chi connectivity index (χ0n) is 22.9. The van der Waals surface area contributed by atoms with E-state index in [1.54, 1.807) is 16.9 Å². The average Bonchev–Trinajstić information content (AvgIpc) is 3.46. The summed E-state index contributed by atoms with van der Waals surface area (Å²) in [6.07, 6.45) is 1.81. The van der Waals surface area contributed by atoms with Crippen LogP contribution >= 0.6 is 23.2 Å². The summed E-state index contributed by atoms with van der Waals surface area (Å²) in [6.45, 7) is -0.113. The van der Waals surface area contributed by atoms with Gasteiger partial charge in [0, 0.05) is 38.1 Å². The number of sulfonamides is 1. The Hall–Kier alpha value is -3.62. The third-order valence-corrected chi connectivity index (χ3v) is 10.7. The minimum atomic E-state index is -4.92. The van der Waals surface area contributed by atoms with Crippen LogP contribution in [0.25, 0.3) is 0 Å². The Balaban J connectivity index is 1.24. The maximum Gasteiger partial charge on any atom is 0.471 e. The van der Waals surface area contributed by atoms with Crippen LogP contribution in [0.2, 0.25) is 10.0 Å². The second-order valence-corrected chi connectivity index (χ2v) is 13.5. The molecule has 2 aromatic carbocycles. The summed E-state index contributed by atoms with van der Waals surface area (Å²) in [5.41, 5.74) is 4.08. The molecular formula is C28H25Cl2F3N6O4S. The number of amides is 2. The molecule has 2 atom stereocenters. The van der Waals surface area contributed by atoms with E-state index in [-0.39, 0.29) is 40.5 Å². The molecule has 0 saturated heterocycles. The SMILES string of the molecule is O=C1NC=CN(S(=O)(=O)c2ccc(Cl)c(Cl)c2)C1Cc1cn(C2CCCc3c2ccc2c3CCN(C(=O)C(F)(F)F)C2)nn1. The number of rotatable bonds is 5. The molecule has 6 rings (SSSR count). The molecule has 44 heavy (non-hydrogen) atoms. The minimum Gasteiger partial charge on any atom is -0.330 e. The number of aromatic nitrogens is 3. The largest absolute Gasteiger partial charge is 0.471 e. The van der Waals surface area contributed by atoms with Crippen molar-refractivity contribution in [3.8, 4) is 0 Å². The first kappa shape index (κ1) is 30.4. The third kappa shape index (κ3) is 5.54. The molecule has 3 aliphatic rings. The lowest BCUT2D eigenvalue weighted by molar-refractivity contribution is -0.186. The molecule has 16 heteroatoms. The van der Waals surface area contributed by atoms with Gasteiger partial charge in [-0.1, -0.05) is 40.5 Å². The smallest absolute Gasteiger partial charge is 0.330 e. The Morgan fingerprint density at radius 2 is 1.89 bits per heavy atom. The Morgan fingerprint density at radius 1 is 1.09 bits per heavy atom. The second-order valence-electron chi connectivity index (χ2n) is 10.8. The van der Waals surface area contributed by atoms with Crippen LogP contribution in [0.1, 0.15) is 46.8 Å². The predicted molar refractivity (Wildman–Crippen MR) is 153 cm³/mol. The predicted octanol–water partition coefficient (Wildman–Crippen LogP) is 4.16. The molecule has 10 nitrogen and oxygen atoms in total. The molecule has 1 N–H and O–H groups in total. The van der Waals surface area contributed by atoms with Crippen molar-refractivity contribution in [2.45, 2.75) is 61.8 Å². The Morgan fingerprint density at radius 3 is 2.64 bits per heavy atom. The fourth-order valence-electron chi connectivity index (χ4n) is 6.07. The maximum atomic E-state index is 13.5. The number of nitrogens with one attached hydrogen (secondary N) is 1. The van der Waals surface area contributed by atoms with Gasteiger partial charge in [-0.2, -0.15) is 13.2 Å². The molecular weight excluding hydrogens is 644 g/mol. The van der Waals surface area contributed by atoms with Crippen molar-refractivity contribution in [2.75, 3.05) is 6.54 Å². The van der Waals surface area contributed by atoms with Crippen LogP contribution in [-0.2, 0) is 45.4 Å². The summed E-state index contributed by atoms with van der Waals surface area (Å²) in [4.78, 5) is 25.4. The van der Waals surface area contributed by atoms with E-state index in [0.29, 0.717) is 17.7 Å². The summed E-state index contributed by atoms with van der Waals surface area (Å²) in [5.74, 6) is -2.38. The van der Waals surface area contributed by atoms with E-state index >= 15 is 0 Å². The summed E-state index contributed by atoms with van der Waals surface area (Å²) >= 11 is 12.0. The van der Waals surface area contributed by atoms with Crippen LogP contribution in [0.3, 0.4) is 0 Å². The van der Waals surface area contributed by atoms with E-state index in [4.69, 9.17) is 23.2 Å². The number of halogens is 5. The first-order chi connectivity index (χ1) is 20.8. The van der Waals surface area contributed by atoms with E-state index in [2.05, 4.69) is 15.6 Å². The van der Waals surface area contributed by atoms with E-state index in [0.717, 1.165) is 45.2 Å². The molecule has 1 aliphatic carbocycles. The average molecular weight is 670 g/mol. The first-order valence-electron chi connectivity index (χ1n) is 13.7. The van der Waals surface area contributed by atoms with E-state index in [1.165, 1.54) is 30.6 Å². The van der Waals surface area contributed by atoms with Crippen LogP contribution in [0.4, 0.5) is 13.2 Å². The summed E-state index contributed by atoms with van der Waals surface area (Å²) in [6, 6.07) is 6.16. The van der Waals surface area contributed by atoms with Crippen molar-refractivity contribution in [1.82, 2.24) is 29.5 Å². The lowest BCUT2D eigenvalue weighted by atomic mass is 9.81. The molecule has 3 aromatic rings. The second kappa shape index (κ2) is 11.4. The van der Waals surface area contributed by atoms with Crippen LogP contribution < -0.4 is 5.32 Å². The molecule has 0 radical (unpaired) electrons. The maximum absolute atomic E-state index is 13.5. The molecule has 2 unspecified atom stereocenters. The van der Waals surface area contributed by atoms with Gasteiger partial charge < -0.3 is 10.2 Å². The Kier molecular flexibility index (Phi) is 7.87. The normalized spacial score (nSPS) is 20.2. The highest BCUT2D eigenvalue weighted by atomic mass is 35.5. The highest BCUT2D eigenvalue weighted by molar-refractivity contribution is 7.89. The first-order valence-corrected chi connectivity index (χ1v) is 15.9. The molecule has 0 saturated carbocycles. The van der Waals surface area contributed by atoms with Gasteiger partial charge in [0.1, 0.15) is 6.04 Å². The number of hydrogen-bond donors (Lipinski definition) is 1. The fraction of sp³-hybridized carbons (Fsp3) is 0.357. The van der Waals surface area contributed by atoms with Crippen LogP contribution in [0, 0.1) is 0 Å². The van der Waals surface area contributed by atoms with Gasteiger partial charge in [-0.05, 0) is 66.1 Å². The summed E-state index contributed by atoms with van der Waals surface area (Å²) in [5, 5.41) is 11.3. The minimum absolute atomic E-state index is 0.0144. The molecule has 0 bridgehead atoms. The number of carbonyl (C=O) groups excluding carboxylic acids is 2. The molecule has 0 fully saturated rings. The van der Waals surface area contributed by atoms with Crippen molar-refractivity contribution in [3.05, 3.63) is 86.9 Å². The highest BCUT2D eigenvalue weighted by Gasteiger charge is 2.43. The van der Waals surface area contributed by atoms with Gasteiger partial charge in [-0.3, -0.25) is 13.9 Å². The standard InChI is InChI=1S/C28H25Cl2F3N6O4S/c29-22-7-5-18(13-23(22)30)44(42,43)39-11-9-34-26(40)25(39)12-17-15-38(36-35-17)24-3-1-2-20-19-8-10-37(27(41)28(31,32)33)14-16(19)4-6-21(20)24/h4-7,9,11,13,15,24-25H,1-3,8,10,12,14H2,(H,34,40). The van der Waals surface area contributed by atoms with Crippen molar-refractivity contribution in [2.24, 2.45) is 0 Å². The van der Waals surface area contributed by atoms with Crippen LogP contribution in [0.5, 0.6) is 0 Å². The Labute approximate surface area is 260 Å². The van der Waals surface area contributed by atoms with Crippen molar-refractivity contribution < 1.29 is 31.2 Å². The topological polar surface area (TPSA) is 118 Å². The number of carbonyl (C=O) groups is 2. The zero-order valence-corrected chi connectivity index (χ0v) is 25.2. The van der Waals surface area contributed by atoms with Crippen molar-refractivity contribution in [3.63, 3.8) is 0 Å². The van der Waals surface area contributed by atoms with E-state index in [1.807, 2.05) is 6.07 Å². The van der Waals surface area contributed by atoms with Gasteiger partial charge in [0.15, 0.2) is 0 Å².